The van der Waals surface area contributed by atoms with Crippen LogP contribution in [0.2, 0.25) is 0 Å². The minimum Gasteiger partial charge on any atom is -0.492 e. The van der Waals surface area contributed by atoms with Crippen molar-refractivity contribution in [1.82, 2.24) is 5.32 Å². The van der Waals surface area contributed by atoms with Gasteiger partial charge in [-0.05, 0) is 23.8 Å². The molecular weight excluding hydrogens is 264 g/mol. The highest BCUT2D eigenvalue weighted by atomic mass is 16.5. The van der Waals surface area contributed by atoms with Crippen molar-refractivity contribution in [2.24, 2.45) is 0 Å². The van der Waals surface area contributed by atoms with Gasteiger partial charge in [-0.1, -0.05) is 36.4 Å². The Hall–Kier alpha value is -2.80. The van der Waals surface area contributed by atoms with Crippen LogP contribution in [0.1, 0.15) is 15.9 Å². The SMILES string of the molecule is N#CCc1ccccc1C(=O)NCCOc1ccccc1. The molecule has 0 atom stereocenters. The molecule has 0 saturated carbocycles. The number of carbonyl (C=O) groups is 1. The van der Waals surface area contributed by atoms with Crippen LogP contribution in [0.15, 0.2) is 54.6 Å². The van der Waals surface area contributed by atoms with Crippen LogP contribution in [-0.4, -0.2) is 19.1 Å². The van der Waals surface area contributed by atoms with Crippen molar-refractivity contribution in [3.63, 3.8) is 0 Å². The summed E-state index contributed by atoms with van der Waals surface area (Å²) in [6.07, 6.45) is 0.226. The lowest BCUT2D eigenvalue weighted by atomic mass is 10.0. The van der Waals surface area contributed by atoms with Gasteiger partial charge in [0.25, 0.3) is 5.91 Å². The Morgan fingerprint density at radius 1 is 1.10 bits per heavy atom. The first-order chi connectivity index (χ1) is 10.3. The van der Waals surface area contributed by atoms with Gasteiger partial charge in [0.15, 0.2) is 0 Å². The molecule has 21 heavy (non-hydrogen) atoms. The fourth-order valence-electron chi connectivity index (χ4n) is 1.93. The number of nitrogens with zero attached hydrogens (tertiary/aromatic N) is 1. The lowest BCUT2D eigenvalue weighted by Gasteiger charge is -2.09. The van der Waals surface area contributed by atoms with Crippen molar-refractivity contribution >= 4 is 5.91 Å². The Morgan fingerprint density at radius 2 is 1.81 bits per heavy atom. The number of hydrogen-bond donors (Lipinski definition) is 1. The van der Waals surface area contributed by atoms with Gasteiger partial charge in [-0.15, -0.1) is 0 Å². The summed E-state index contributed by atoms with van der Waals surface area (Å²) in [5.74, 6) is 0.592. The summed E-state index contributed by atoms with van der Waals surface area (Å²) in [4.78, 5) is 12.1. The predicted octanol–water partition coefficient (Wildman–Crippen LogP) is 2.56. The summed E-state index contributed by atoms with van der Waals surface area (Å²) in [6, 6.07) is 18.6. The van der Waals surface area contributed by atoms with Gasteiger partial charge < -0.3 is 10.1 Å². The topological polar surface area (TPSA) is 62.1 Å². The van der Waals surface area contributed by atoms with Gasteiger partial charge in [0, 0.05) is 5.56 Å². The van der Waals surface area contributed by atoms with E-state index in [0.29, 0.717) is 18.7 Å². The summed E-state index contributed by atoms with van der Waals surface area (Å²) >= 11 is 0. The maximum Gasteiger partial charge on any atom is 0.251 e. The number of benzene rings is 2. The first kappa shape index (κ1) is 14.6. The Morgan fingerprint density at radius 3 is 2.57 bits per heavy atom. The van der Waals surface area contributed by atoms with Gasteiger partial charge in [0.2, 0.25) is 0 Å². The highest BCUT2D eigenvalue weighted by molar-refractivity contribution is 5.95. The van der Waals surface area contributed by atoms with Gasteiger partial charge in [-0.25, -0.2) is 0 Å². The van der Waals surface area contributed by atoms with E-state index >= 15 is 0 Å². The molecule has 2 aromatic rings. The van der Waals surface area contributed by atoms with E-state index in [1.807, 2.05) is 36.4 Å². The molecule has 0 radical (unpaired) electrons. The van der Waals surface area contributed by atoms with E-state index in [4.69, 9.17) is 10.00 Å². The minimum atomic E-state index is -0.183. The average Bonchev–Trinajstić information content (AvgIpc) is 2.53. The number of hydrogen-bond acceptors (Lipinski definition) is 3. The van der Waals surface area contributed by atoms with Gasteiger partial charge in [0.1, 0.15) is 12.4 Å². The normalized spacial score (nSPS) is 9.67. The zero-order valence-electron chi connectivity index (χ0n) is 11.6. The molecular formula is C17H16N2O2. The summed E-state index contributed by atoms with van der Waals surface area (Å²) in [5.41, 5.74) is 1.28. The highest BCUT2D eigenvalue weighted by Crippen LogP contribution is 2.09. The predicted molar refractivity (Wildman–Crippen MR) is 80.0 cm³/mol. The van der Waals surface area contributed by atoms with Crippen molar-refractivity contribution < 1.29 is 9.53 Å². The van der Waals surface area contributed by atoms with E-state index < -0.39 is 0 Å². The van der Waals surface area contributed by atoms with Crippen LogP contribution in [0.5, 0.6) is 5.75 Å². The number of ether oxygens (including phenoxy) is 1. The second-order valence-electron chi connectivity index (χ2n) is 4.41. The fraction of sp³-hybridized carbons (Fsp3) is 0.176. The summed E-state index contributed by atoms with van der Waals surface area (Å²) in [6.45, 7) is 0.810. The third-order valence-corrected chi connectivity index (χ3v) is 2.93. The third-order valence-electron chi connectivity index (χ3n) is 2.93. The molecule has 2 rings (SSSR count). The second-order valence-corrected chi connectivity index (χ2v) is 4.41. The second kappa shape index (κ2) is 7.71. The van der Waals surface area contributed by atoms with Crippen LogP contribution < -0.4 is 10.1 Å². The fourth-order valence-corrected chi connectivity index (χ4v) is 1.93. The third kappa shape index (κ3) is 4.36. The molecule has 0 aliphatic heterocycles. The van der Waals surface area contributed by atoms with Gasteiger partial charge in [-0.3, -0.25) is 4.79 Å². The van der Waals surface area contributed by atoms with E-state index in [9.17, 15) is 4.79 Å². The summed E-state index contributed by atoms with van der Waals surface area (Å²) in [5, 5.41) is 11.6. The first-order valence-corrected chi connectivity index (χ1v) is 6.72. The monoisotopic (exact) mass is 280 g/mol. The summed E-state index contributed by atoms with van der Waals surface area (Å²) < 4.78 is 5.50. The van der Waals surface area contributed by atoms with Crippen molar-refractivity contribution in [2.45, 2.75) is 6.42 Å². The van der Waals surface area contributed by atoms with Crippen LogP contribution in [-0.2, 0) is 6.42 Å². The Kier molecular flexibility index (Phi) is 5.36. The Balaban J connectivity index is 1.84. The molecule has 0 unspecified atom stereocenters. The van der Waals surface area contributed by atoms with E-state index in [1.165, 1.54) is 0 Å². The van der Waals surface area contributed by atoms with Crippen molar-refractivity contribution in [3.8, 4) is 11.8 Å². The van der Waals surface area contributed by atoms with Crippen LogP contribution in [0.25, 0.3) is 0 Å². The molecule has 0 aliphatic carbocycles. The van der Waals surface area contributed by atoms with E-state index in [-0.39, 0.29) is 12.3 Å². The van der Waals surface area contributed by atoms with E-state index in [0.717, 1.165) is 11.3 Å². The van der Waals surface area contributed by atoms with E-state index in [2.05, 4.69) is 11.4 Å². The standard InChI is InChI=1S/C17H16N2O2/c18-11-10-14-6-4-5-9-16(14)17(20)19-12-13-21-15-7-2-1-3-8-15/h1-9H,10,12-13H2,(H,19,20). The molecule has 0 bridgehead atoms. The van der Waals surface area contributed by atoms with Crippen LogP contribution in [0, 0.1) is 11.3 Å². The first-order valence-electron chi connectivity index (χ1n) is 6.72. The van der Waals surface area contributed by atoms with Gasteiger partial charge in [-0.2, -0.15) is 5.26 Å². The molecule has 0 heterocycles. The lowest BCUT2D eigenvalue weighted by molar-refractivity contribution is 0.0946. The molecule has 4 nitrogen and oxygen atoms in total. The maximum atomic E-state index is 12.1. The van der Waals surface area contributed by atoms with Crippen molar-refractivity contribution in [2.75, 3.05) is 13.2 Å². The van der Waals surface area contributed by atoms with Gasteiger partial charge >= 0.3 is 0 Å². The van der Waals surface area contributed by atoms with E-state index in [1.54, 1.807) is 18.2 Å². The molecule has 1 N–H and O–H groups in total. The molecule has 0 spiro atoms. The molecule has 106 valence electrons. The summed E-state index contributed by atoms with van der Waals surface area (Å²) in [7, 11) is 0. The molecule has 0 saturated heterocycles. The van der Waals surface area contributed by atoms with Crippen LogP contribution in [0.3, 0.4) is 0 Å². The maximum absolute atomic E-state index is 12.1. The van der Waals surface area contributed by atoms with Crippen molar-refractivity contribution in [3.05, 3.63) is 65.7 Å². The number of rotatable bonds is 6. The zero-order valence-corrected chi connectivity index (χ0v) is 11.6. The Labute approximate surface area is 124 Å². The van der Waals surface area contributed by atoms with Crippen LogP contribution in [0.4, 0.5) is 0 Å². The molecule has 0 fully saturated rings. The smallest absolute Gasteiger partial charge is 0.251 e. The average molecular weight is 280 g/mol. The molecule has 1 amide bonds. The molecule has 0 aliphatic rings. The highest BCUT2D eigenvalue weighted by Gasteiger charge is 2.09. The number of para-hydroxylation sites is 1. The van der Waals surface area contributed by atoms with Gasteiger partial charge in [0.05, 0.1) is 19.0 Å². The quantitative estimate of drug-likeness (QED) is 0.827. The number of amides is 1. The number of carbonyl (C=O) groups excluding carboxylic acids is 1. The number of nitrogens with one attached hydrogen (secondary N) is 1. The molecule has 2 aromatic carbocycles. The number of nitriles is 1. The zero-order chi connectivity index (χ0) is 14.9. The Bertz CT molecular complexity index is 633. The molecule has 0 aromatic heterocycles. The van der Waals surface area contributed by atoms with Crippen molar-refractivity contribution in [1.29, 1.82) is 5.26 Å². The van der Waals surface area contributed by atoms with Crippen LogP contribution >= 0.6 is 0 Å². The lowest BCUT2D eigenvalue weighted by Crippen LogP contribution is -2.28. The largest absolute Gasteiger partial charge is 0.492 e. The molecule has 4 heteroatoms. The minimum absolute atomic E-state index is 0.183.